The van der Waals surface area contributed by atoms with Gasteiger partial charge < -0.3 is 4.74 Å². The van der Waals surface area contributed by atoms with E-state index in [0.29, 0.717) is 16.7 Å². The van der Waals surface area contributed by atoms with Crippen LogP contribution in [0.1, 0.15) is 49.8 Å². The number of ether oxygens (including phenoxy) is 1. The third kappa shape index (κ3) is 6.16. The molecule has 0 spiro atoms. The summed E-state index contributed by atoms with van der Waals surface area (Å²) in [7, 11) is 0. The van der Waals surface area contributed by atoms with Gasteiger partial charge in [0.1, 0.15) is 0 Å². The first kappa shape index (κ1) is 27.2. The molecule has 0 heterocycles. The molecule has 0 aliphatic heterocycles. The summed E-state index contributed by atoms with van der Waals surface area (Å²) in [6.07, 6.45) is 7.47. The van der Waals surface area contributed by atoms with Crippen molar-refractivity contribution < 1.29 is 22.3 Å². The zero-order valence-electron chi connectivity index (χ0n) is 21.5. The number of unbranched alkanes of at least 4 members (excludes halogenated alkanes) is 2. The molecule has 0 aliphatic carbocycles. The van der Waals surface area contributed by atoms with Gasteiger partial charge in [0.25, 0.3) is 0 Å². The molecular weight excluding hydrogens is 488 g/mol. The third-order valence-electron chi connectivity index (χ3n) is 6.47. The van der Waals surface area contributed by atoms with E-state index in [2.05, 4.69) is 6.92 Å². The summed E-state index contributed by atoms with van der Waals surface area (Å²) in [6, 6.07) is 20.3. The van der Waals surface area contributed by atoms with E-state index in [-0.39, 0.29) is 29.0 Å². The van der Waals surface area contributed by atoms with Crippen molar-refractivity contribution in [3.8, 4) is 28.0 Å². The Morgan fingerprint density at radius 3 is 1.79 bits per heavy atom. The Morgan fingerprint density at radius 2 is 1.21 bits per heavy atom. The Labute approximate surface area is 221 Å². The minimum Gasteiger partial charge on any atom is -0.491 e. The average molecular weight is 519 g/mol. The van der Waals surface area contributed by atoms with Crippen LogP contribution in [0.5, 0.6) is 5.75 Å². The topological polar surface area (TPSA) is 9.23 Å². The van der Waals surface area contributed by atoms with Gasteiger partial charge in [-0.25, -0.2) is 13.2 Å². The number of halogens is 4. The van der Waals surface area contributed by atoms with E-state index in [4.69, 9.17) is 4.74 Å². The molecule has 38 heavy (non-hydrogen) atoms. The number of hydrogen-bond donors (Lipinski definition) is 0. The molecule has 0 radical (unpaired) electrons. The monoisotopic (exact) mass is 518 g/mol. The van der Waals surface area contributed by atoms with Crippen LogP contribution in [0.25, 0.3) is 34.4 Å². The van der Waals surface area contributed by atoms with Gasteiger partial charge in [-0.2, -0.15) is 4.39 Å². The number of rotatable bonds is 10. The molecular formula is C33H30F4O. The van der Waals surface area contributed by atoms with Crippen molar-refractivity contribution in [1.82, 2.24) is 0 Å². The zero-order chi connectivity index (χ0) is 27.1. The second-order valence-corrected chi connectivity index (χ2v) is 9.11. The molecule has 0 N–H and O–H groups in total. The van der Waals surface area contributed by atoms with E-state index in [9.17, 15) is 8.78 Å². The summed E-state index contributed by atoms with van der Waals surface area (Å²) in [5.74, 6) is -3.96. The Morgan fingerprint density at radius 1 is 0.605 bits per heavy atom. The van der Waals surface area contributed by atoms with Gasteiger partial charge in [-0.1, -0.05) is 92.6 Å². The van der Waals surface area contributed by atoms with E-state index >= 15 is 8.78 Å². The lowest BCUT2D eigenvalue weighted by Gasteiger charge is -2.10. The maximum Gasteiger partial charge on any atom is 0.201 e. The van der Waals surface area contributed by atoms with Crippen molar-refractivity contribution in [2.45, 2.75) is 39.5 Å². The van der Waals surface area contributed by atoms with Crippen LogP contribution in [0, 0.1) is 23.3 Å². The number of aryl methyl sites for hydroxylation is 1. The summed E-state index contributed by atoms with van der Waals surface area (Å²) in [5.41, 5.74) is 3.46. The Balaban J connectivity index is 1.50. The molecule has 4 aromatic rings. The fourth-order valence-corrected chi connectivity index (χ4v) is 4.33. The predicted octanol–water partition coefficient (Wildman–Crippen LogP) is 9.88. The van der Waals surface area contributed by atoms with E-state index in [0.717, 1.165) is 19.3 Å². The highest BCUT2D eigenvalue weighted by Crippen LogP contribution is 2.32. The lowest BCUT2D eigenvalue weighted by Crippen LogP contribution is -1.98. The smallest absolute Gasteiger partial charge is 0.201 e. The first-order chi connectivity index (χ1) is 18.4. The Kier molecular flexibility index (Phi) is 9.01. The second kappa shape index (κ2) is 12.6. The Bertz CT molecular complexity index is 1410. The largest absolute Gasteiger partial charge is 0.491 e. The van der Waals surface area contributed by atoms with Crippen LogP contribution in [0.3, 0.4) is 0 Å². The Hall–Kier alpha value is -3.86. The lowest BCUT2D eigenvalue weighted by atomic mass is 9.97. The first-order valence-electron chi connectivity index (χ1n) is 12.9. The predicted molar refractivity (Wildman–Crippen MR) is 147 cm³/mol. The van der Waals surface area contributed by atoms with Crippen LogP contribution >= 0.6 is 0 Å². The molecule has 196 valence electrons. The minimum atomic E-state index is -1.03. The van der Waals surface area contributed by atoms with Gasteiger partial charge in [0.15, 0.2) is 23.2 Å². The van der Waals surface area contributed by atoms with Gasteiger partial charge in [0.05, 0.1) is 6.61 Å². The highest BCUT2D eigenvalue weighted by molar-refractivity contribution is 5.75. The zero-order valence-corrected chi connectivity index (χ0v) is 21.5. The van der Waals surface area contributed by atoms with E-state index < -0.39 is 23.3 Å². The molecule has 4 rings (SSSR count). The summed E-state index contributed by atoms with van der Waals surface area (Å²) in [5, 5.41) is 0. The maximum absolute atomic E-state index is 15.1. The fraction of sp³-hybridized carbons (Fsp3) is 0.212. The molecule has 0 unspecified atom stereocenters. The SMILES string of the molecule is CCCCCc1ccc(-c2ccc(-c3ccc(/C=C/c4ccc(OCC)c(F)c4F)cc3)c(F)c2F)cc1. The quantitative estimate of drug-likeness (QED) is 0.115. The molecule has 0 fully saturated rings. The molecule has 0 saturated heterocycles. The van der Waals surface area contributed by atoms with Gasteiger partial charge in [0, 0.05) is 16.7 Å². The van der Waals surface area contributed by atoms with Crippen LogP contribution in [-0.2, 0) is 6.42 Å². The van der Waals surface area contributed by atoms with Crippen LogP contribution in [-0.4, -0.2) is 6.61 Å². The molecule has 0 saturated carbocycles. The van der Waals surface area contributed by atoms with Gasteiger partial charge in [-0.05, 0) is 54.2 Å². The minimum absolute atomic E-state index is 0.0766. The molecule has 0 aliphatic rings. The van der Waals surface area contributed by atoms with Gasteiger partial charge in [-0.3, -0.25) is 0 Å². The first-order valence-corrected chi connectivity index (χ1v) is 12.9. The molecule has 4 aromatic carbocycles. The standard InChI is InChI=1S/C33H30F4O/c1-3-5-6-7-22-8-13-24(14-9-22)27-19-20-28(32(36)31(27)35)25-15-10-23(11-16-25)12-17-26-18-21-29(38-4-2)33(37)30(26)34/h8-21H,3-7H2,1-2H3/b17-12+. The lowest BCUT2D eigenvalue weighted by molar-refractivity contribution is 0.314. The molecule has 0 bridgehead atoms. The van der Waals surface area contributed by atoms with Crippen molar-refractivity contribution in [3.63, 3.8) is 0 Å². The summed E-state index contributed by atoms with van der Waals surface area (Å²) < 4.78 is 63.6. The summed E-state index contributed by atoms with van der Waals surface area (Å²) >= 11 is 0. The van der Waals surface area contributed by atoms with Gasteiger partial charge in [0.2, 0.25) is 5.82 Å². The maximum atomic E-state index is 15.1. The number of hydrogen-bond acceptors (Lipinski definition) is 1. The average Bonchev–Trinajstić information content (AvgIpc) is 2.93. The van der Waals surface area contributed by atoms with E-state index in [1.165, 1.54) is 30.2 Å². The second-order valence-electron chi connectivity index (χ2n) is 9.11. The highest BCUT2D eigenvalue weighted by Gasteiger charge is 2.16. The van der Waals surface area contributed by atoms with Crippen molar-refractivity contribution in [1.29, 1.82) is 0 Å². The van der Waals surface area contributed by atoms with E-state index in [1.807, 2.05) is 24.3 Å². The third-order valence-corrected chi connectivity index (χ3v) is 6.47. The van der Waals surface area contributed by atoms with Gasteiger partial charge >= 0.3 is 0 Å². The molecule has 1 nitrogen and oxygen atoms in total. The van der Waals surface area contributed by atoms with Crippen LogP contribution < -0.4 is 4.74 Å². The van der Waals surface area contributed by atoms with Crippen molar-refractivity contribution in [2.75, 3.05) is 6.61 Å². The molecule has 0 atom stereocenters. The van der Waals surface area contributed by atoms with Crippen molar-refractivity contribution in [3.05, 3.63) is 113 Å². The van der Waals surface area contributed by atoms with Crippen molar-refractivity contribution >= 4 is 12.2 Å². The summed E-state index contributed by atoms with van der Waals surface area (Å²) in [6.45, 7) is 4.08. The normalized spacial score (nSPS) is 11.3. The van der Waals surface area contributed by atoms with Crippen molar-refractivity contribution in [2.24, 2.45) is 0 Å². The van der Waals surface area contributed by atoms with Gasteiger partial charge in [-0.15, -0.1) is 0 Å². The van der Waals surface area contributed by atoms with Crippen LogP contribution in [0.2, 0.25) is 0 Å². The number of benzene rings is 4. The molecule has 0 amide bonds. The highest BCUT2D eigenvalue weighted by atomic mass is 19.2. The summed E-state index contributed by atoms with van der Waals surface area (Å²) in [4.78, 5) is 0. The van der Waals surface area contributed by atoms with Crippen LogP contribution in [0.4, 0.5) is 17.6 Å². The van der Waals surface area contributed by atoms with Crippen LogP contribution in [0.15, 0.2) is 72.8 Å². The van der Waals surface area contributed by atoms with E-state index in [1.54, 1.807) is 49.4 Å². The molecule has 5 heteroatoms. The fourth-order valence-electron chi connectivity index (χ4n) is 4.33. The molecule has 0 aromatic heterocycles.